The average molecular weight is 338 g/mol. The van der Waals surface area contributed by atoms with Gasteiger partial charge in [-0.3, -0.25) is 4.90 Å². The molecule has 0 amide bonds. The second kappa shape index (κ2) is 5.49. The average Bonchev–Trinajstić information content (AvgIpc) is 2.55. The highest BCUT2D eigenvalue weighted by Crippen LogP contribution is 2.46. The predicted octanol–water partition coefficient (Wildman–Crippen LogP) is 4.49. The number of para-hydroxylation sites is 1. The maximum atomic E-state index is 6.48. The summed E-state index contributed by atoms with van der Waals surface area (Å²) in [6.45, 7) is 6.42. The molecule has 2 aliphatic rings. The Bertz CT molecular complexity index is 819. The van der Waals surface area contributed by atoms with Gasteiger partial charge in [-0.05, 0) is 50.2 Å². The molecule has 0 spiro atoms. The summed E-state index contributed by atoms with van der Waals surface area (Å²) in [5.74, 6) is 0.952. The third kappa shape index (κ3) is 2.28. The zero-order valence-electron chi connectivity index (χ0n) is 14.3. The molecule has 0 radical (unpaired) electrons. The van der Waals surface area contributed by atoms with Crippen molar-refractivity contribution in [2.45, 2.75) is 45.4 Å². The van der Waals surface area contributed by atoms with Gasteiger partial charge in [-0.25, -0.2) is 0 Å². The second-order valence-electron chi connectivity index (χ2n) is 6.84. The molecule has 1 saturated heterocycles. The molecular formula is C20H22N2OS. The van der Waals surface area contributed by atoms with Crippen molar-refractivity contribution >= 4 is 23.0 Å². The minimum Gasteiger partial charge on any atom is -0.467 e. The molecule has 2 bridgehead atoms. The van der Waals surface area contributed by atoms with Crippen LogP contribution in [-0.2, 0) is 6.42 Å². The van der Waals surface area contributed by atoms with Crippen molar-refractivity contribution in [3.05, 3.63) is 59.2 Å². The summed E-state index contributed by atoms with van der Waals surface area (Å²) in [4.78, 5) is 2.15. The highest BCUT2D eigenvalue weighted by Gasteiger charge is 2.48. The molecule has 0 aliphatic carbocycles. The van der Waals surface area contributed by atoms with Crippen molar-refractivity contribution in [3.8, 4) is 5.75 Å². The number of hydrogen-bond donors (Lipinski definition) is 1. The maximum Gasteiger partial charge on any atom is 0.188 e. The van der Waals surface area contributed by atoms with Crippen LogP contribution in [0.1, 0.15) is 43.0 Å². The van der Waals surface area contributed by atoms with Crippen molar-refractivity contribution in [2.24, 2.45) is 0 Å². The van der Waals surface area contributed by atoms with E-state index in [0.29, 0.717) is 0 Å². The van der Waals surface area contributed by atoms with Gasteiger partial charge in [0.1, 0.15) is 5.75 Å². The fraction of sp³-hybridized carbons (Fsp3) is 0.350. The van der Waals surface area contributed by atoms with E-state index in [1.54, 1.807) is 0 Å². The predicted molar refractivity (Wildman–Crippen MR) is 102 cm³/mol. The van der Waals surface area contributed by atoms with E-state index in [4.69, 9.17) is 17.0 Å². The number of fused-ring (bicyclic) bond motifs is 4. The first-order chi connectivity index (χ1) is 11.5. The zero-order chi connectivity index (χ0) is 16.9. The van der Waals surface area contributed by atoms with Crippen LogP contribution in [0.5, 0.6) is 5.75 Å². The minimum absolute atomic E-state index is 0.205. The van der Waals surface area contributed by atoms with E-state index >= 15 is 0 Å². The molecule has 0 saturated carbocycles. The fourth-order valence-electron chi connectivity index (χ4n) is 3.89. The van der Waals surface area contributed by atoms with E-state index in [2.05, 4.69) is 73.5 Å². The van der Waals surface area contributed by atoms with E-state index in [1.807, 2.05) is 0 Å². The molecule has 1 N–H and O–H groups in total. The Balaban J connectivity index is 1.82. The third-order valence-electron chi connectivity index (χ3n) is 5.04. The first kappa shape index (κ1) is 15.5. The van der Waals surface area contributed by atoms with Gasteiger partial charge < -0.3 is 10.1 Å². The van der Waals surface area contributed by atoms with Gasteiger partial charge in [0.25, 0.3) is 0 Å². The van der Waals surface area contributed by atoms with Crippen molar-refractivity contribution in [1.29, 1.82) is 0 Å². The SMILES string of the molecule is CCc1ccccc1N1C(=S)NC2CC1(C)Oc1ccc(C)cc12. The van der Waals surface area contributed by atoms with Crippen molar-refractivity contribution < 1.29 is 4.74 Å². The number of ether oxygens (including phenoxy) is 1. The first-order valence-corrected chi connectivity index (χ1v) is 8.91. The lowest BCUT2D eigenvalue weighted by molar-refractivity contribution is 0.0496. The number of hydrogen-bond acceptors (Lipinski definition) is 2. The van der Waals surface area contributed by atoms with Crippen LogP contribution in [0, 0.1) is 6.92 Å². The van der Waals surface area contributed by atoms with E-state index in [1.165, 1.54) is 16.7 Å². The van der Waals surface area contributed by atoms with Crippen LogP contribution < -0.4 is 15.0 Å². The molecule has 4 heteroatoms. The third-order valence-corrected chi connectivity index (χ3v) is 5.34. The summed E-state index contributed by atoms with van der Waals surface area (Å²) in [6, 6.07) is 15.0. The van der Waals surface area contributed by atoms with Crippen LogP contribution >= 0.6 is 12.2 Å². The van der Waals surface area contributed by atoms with Gasteiger partial charge in [0.05, 0.1) is 11.7 Å². The number of benzene rings is 2. The molecular weight excluding hydrogens is 316 g/mol. The minimum atomic E-state index is -0.472. The number of rotatable bonds is 2. The Morgan fingerprint density at radius 3 is 2.88 bits per heavy atom. The summed E-state index contributed by atoms with van der Waals surface area (Å²) < 4.78 is 6.48. The van der Waals surface area contributed by atoms with Crippen molar-refractivity contribution in [1.82, 2.24) is 5.32 Å². The quantitative estimate of drug-likeness (QED) is 0.815. The summed E-state index contributed by atoms with van der Waals surface area (Å²) in [5.41, 5.74) is 4.39. The van der Waals surface area contributed by atoms with Gasteiger partial charge >= 0.3 is 0 Å². The number of nitrogens with one attached hydrogen (secondary N) is 1. The van der Waals surface area contributed by atoms with Gasteiger partial charge in [0.15, 0.2) is 10.8 Å². The Kier molecular flexibility index (Phi) is 3.53. The molecule has 2 aromatic carbocycles. The second-order valence-corrected chi connectivity index (χ2v) is 7.23. The van der Waals surface area contributed by atoms with Gasteiger partial charge in [0.2, 0.25) is 0 Å². The summed E-state index contributed by atoms with van der Waals surface area (Å²) in [5, 5.41) is 4.27. The van der Waals surface area contributed by atoms with E-state index in [9.17, 15) is 0 Å². The smallest absolute Gasteiger partial charge is 0.188 e. The number of nitrogens with zero attached hydrogens (tertiary/aromatic N) is 1. The van der Waals surface area contributed by atoms with Gasteiger partial charge in [-0.15, -0.1) is 0 Å². The number of anilines is 1. The highest BCUT2D eigenvalue weighted by atomic mass is 32.1. The van der Waals surface area contributed by atoms with E-state index < -0.39 is 5.72 Å². The molecule has 124 valence electrons. The molecule has 1 fully saturated rings. The van der Waals surface area contributed by atoms with Crippen LogP contribution in [0.25, 0.3) is 0 Å². The summed E-state index contributed by atoms with van der Waals surface area (Å²) >= 11 is 5.74. The Labute approximate surface area is 148 Å². The molecule has 4 rings (SSSR count). The standard InChI is InChI=1S/C20H22N2OS/c1-4-14-7-5-6-8-17(14)22-19(24)21-16-12-20(22,3)23-18-10-9-13(2)11-15(16)18/h5-11,16H,4,12H2,1-3H3,(H,21,24). The molecule has 2 heterocycles. The monoisotopic (exact) mass is 338 g/mol. The summed E-state index contributed by atoms with van der Waals surface area (Å²) in [7, 11) is 0. The summed E-state index contributed by atoms with van der Waals surface area (Å²) in [6.07, 6.45) is 1.83. The Morgan fingerprint density at radius 2 is 2.08 bits per heavy atom. The lowest BCUT2D eigenvalue weighted by Gasteiger charge is -2.52. The maximum absolute atomic E-state index is 6.48. The first-order valence-electron chi connectivity index (χ1n) is 8.50. The van der Waals surface area contributed by atoms with E-state index in [0.717, 1.165) is 29.4 Å². The molecule has 0 aromatic heterocycles. The van der Waals surface area contributed by atoms with Crippen molar-refractivity contribution in [2.75, 3.05) is 4.90 Å². The van der Waals surface area contributed by atoms with Crippen LogP contribution in [0.4, 0.5) is 5.69 Å². The molecule has 24 heavy (non-hydrogen) atoms. The van der Waals surface area contributed by atoms with Crippen LogP contribution in [-0.4, -0.2) is 10.8 Å². The van der Waals surface area contributed by atoms with Gasteiger partial charge in [-0.2, -0.15) is 0 Å². The Hall–Kier alpha value is -2.07. The van der Waals surface area contributed by atoms with E-state index in [-0.39, 0.29) is 6.04 Å². The van der Waals surface area contributed by atoms with Crippen LogP contribution in [0.2, 0.25) is 0 Å². The molecule has 2 atom stereocenters. The molecule has 3 nitrogen and oxygen atoms in total. The van der Waals surface area contributed by atoms with Crippen molar-refractivity contribution in [3.63, 3.8) is 0 Å². The van der Waals surface area contributed by atoms with Gasteiger partial charge in [0, 0.05) is 12.0 Å². The molecule has 2 aromatic rings. The zero-order valence-corrected chi connectivity index (χ0v) is 15.1. The Morgan fingerprint density at radius 1 is 1.29 bits per heavy atom. The highest BCUT2D eigenvalue weighted by molar-refractivity contribution is 7.80. The van der Waals surface area contributed by atoms with Crippen LogP contribution in [0.3, 0.4) is 0 Å². The lowest BCUT2D eigenvalue weighted by atomic mass is 9.89. The van der Waals surface area contributed by atoms with Gasteiger partial charge in [-0.1, -0.05) is 42.8 Å². The number of aryl methyl sites for hydroxylation is 2. The topological polar surface area (TPSA) is 24.5 Å². The largest absolute Gasteiger partial charge is 0.467 e. The normalized spacial score (nSPS) is 24.9. The molecule has 2 aliphatic heterocycles. The number of thiocarbonyl (C=S) groups is 1. The lowest BCUT2D eigenvalue weighted by Crippen LogP contribution is -2.65. The molecule has 2 unspecified atom stereocenters. The van der Waals surface area contributed by atoms with Crippen LogP contribution in [0.15, 0.2) is 42.5 Å². The fourth-order valence-corrected chi connectivity index (χ4v) is 4.32.